The Bertz CT molecular complexity index is 1290. The van der Waals surface area contributed by atoms with Crippen LogP contribution < -0.4 is 10.4 Å². The van der Waals surface area contributed by atoms with Crippen LogP contribution in [0.5, 0.6) is 5.75 Å². The molecule has 3 heterocycles. The highest BCUT2D eigenvalue weighted by Gasteiger charge is 2.30. The Morgan fingerprint density at radius 3 is 2.61 bits per heavy atom. The summed E-state index contributed by atoms with van der Waals surface area (Å²) >= 11 is 0. The first-order chi connectivity index (χ1) is 14.5. The van der Waals surface area contributed by atoms with Crippen molar-refractivity contribution in [3.8, 4) is 16.9 Å². The van der Waals surface area contributed by atoms with Gasteiger partial charge in [-0.1, -0.05) is 17.3 Å². The summed E-state index contributed by atoms with van der Waals surface area (Å²) in [6.07, 6.45) is -3.31. The van der Waals surface area contributed by atoms with Crippen molar-refractivity contribution in [2.24, 2.45) is 0 Å². The molecular formula is C17H12F3N5O3. The SMILES string of the molecule is [2H]C([2H])([2H])c1noc(Cn2nc3ccc(-c4ccc(OC(F)(F)F)cc4)cn3c2=O)n1. The molecule has 0 atom stereocenters. The molecule has 11 heteroatoms. The van der Waals surface area contributed by atoms with E-state index < -0.39 is 24.7 Å². The van der Waals surface area contributed by atoms with Crippen LogP contribution in [0.2, 0.25) is 0 Å². The maximum absolute atomic E-state index is 12.6. The Morgan fingerprint density at radius 2 is 1.93 bits per heavy atom. The molecule has 0 fully saturated rings. The van der Waals surface area contributed by atoms with E-state index in [0.717, 1.165) is 16.8 Å². The molecule has 1 aromatic carbocycles. The van der Waals surface area contributed by atoms with Gasteiger partial charge in [0.05, 0.1) is 0 Å². The molecule has 0 saturated heterocycles. The van der Waals surface area contributed by atoms with E-state index in [4.69, 9.17) is 8.64 Å². The minimum absolute atomic E-state index is 0.0999. The summed E-state index contributed by atoms with van der Waals surface area (Å²) in [5, 5.41) is 7.49. The monoisotopic (exact) mass is 394 g/mol. The third kappa shape index (κ3) is 3.59. The predicted octanol–water partition coefficient (Wildman–Crippen LogP) is 2.80. The third-order valence-corrected chi connectivity index (χ3v) is 3.75. The fraction of sp³-hybridized carbons (Fsp3) is 0.176. The third-order valence-electron chi connectivity index (χ3n) is 3.75. The zero-order valence-electron chi connectivity index (χ0n) is 16.8. The Hall–Kier alpha value is -3.63. The molecule has 0 aliphatic rings. The van der Waals surface area contributed by atoms with Crippen molar-refractivity contribution in [2.45, 2.75) is 19.8 Å². The number of hydrogen-bond acceptors (Lipinski definition) is 6. The second-order valence-corrected chi connectivity index (χ2v) is 5.67. The largest absolute Gasteiger partial charge is 0.573 e. The van der Waals surface area contributed by atoms with Crippen molar-refractivity contribution in [3.63, 3.8) is 0 Å². The zero-order chi connectivity index (χ0) is 22.4. The van der Waals surface area contributed by atoms with Crippen LogP contribution in [-0.2, 0) is 6.54 Å². The summed E-state index contributed by atoms with van der Waals surface area (Å²) in [6.45, 7) is -2.77. The van der Waals surface area contributed by atoms with Crippen molar-refractivity contribution in [3.05, 3.63) is 64.8 Å². The molecule has 0 saturated carbocycles. The molecule has 0 aliphatic carbocycles. The van der Waals surface area contributed by atoms with Gasteiger partial charge in [-0.3, -0.25) is 0 Å². The first kappa shape index (κ1) is 14.4. The highest BCUT2D eigenvalue weighted by molar-refractivity contribution is 5.65. The maximum Gasteiger partial charge on any atom is 0.573 e. The van der Waals surface area contributed by atoms with E-state index in [9.17, 15) is 18.0 Å². The van der Waals surface area contributed by atoms with Gasteiger partial charge in [0.1, 0.15) is 12.3 Å². The maximum atomic E-state index is 12.6. The van der Waals surface area contributed by atoms with Crippen LogP contribution in [0.15, 0.2) is 51.9 Å². The van der Waals surface area contributed by atoms with Crippen molar-refractivity contribution in [1.29, 1.82) is 0 Å². The van der Waals surface area contributed by atoms with E-state index in [2.05, 4.69) is 20.0 Å². The minimum atomic E-state index is -4.79. The van der Waals surface area contributed by atoms with Crippen LogP contribution in [0.4, 0.5) is 13.2 Å². The molecule has 0 amide bonds. The van der Waals surface area contributed by atoms with Gasteiger partial charge >= 0.3 is 12.1 Å². The highest BCUT2D eigenvalue weighted by Crippen LogP contribution is 2.26. The average Bonchev–Trinajstić information content (AvgIpc) is 3.27. The molecule has 0 unspecified atom stereocenters. The molecule has 8 nitrogen and oxygen atoms in total. The number of pyridine rings is 1. The summed E-state index contributed by atoms with van der Waals surface area (Å²) < 4.78 is 69.6. The number of hydrogen-bond donors (Lipinski definition) is 0. The predicted molar refractivity (Wildman–Crippen MR) is 89.7 cm³/mol. The van der Waals surface area contributed by atoms with Crippen LogP contribution in [-0.4, -0.2) is 30.7 Å². The van der Waals surface area contributed by atoms with Gasteiger partial charge in [0.15, 0.2) is 11.5 Å². The smallest absolute Gasteiger partial charge is 0.406 e. The molecule has 0 aliphatic heterocycles. The van der Waals surface area contributed by atoms with E-state index in [1.165, 1.54) is 22.7 Å². The lowest BCUT2D eigenvalue weighted by Gasteiger charge is -2.09. The number of ether oxygens (including phenoxy) is 1. The molecule has 0 radical (unpaired) electrons. The van der Waals surface area contributed by atoms with E-state index in [0.29, 0.717) is 16.8 Å². The number of benzene rings is 1. The number of rotatable bonds is 4. The zero-order valence-corrected chi connectivity index (χ0v) is 13.8. The van der Waals surface area contributed by atoms with Crippen LogP contribution in [0.3, 0.4) is 0 Å². The Labute approximate surface area is 159 Å². The van der Waals surface area contributed by atoms with Crippen molar-refractivity contribution < 1.29 is 26.5 Å². The molecule has 0 spiro atoms. The first-order valence-corrected chi connectivity index (χ1v) is 7.78. The van der Waals surface area contributed by atoms with Gasteiger partial charge in [-0.15, -0.1) is 18.3 Å². The fourth-order valence-corrected chi connectivity index (χ4v) is 2.59. The standard InChI is InChI=1S/C17H12F3N5O3/c1-10-21-15(28-23-10)9-25-16(26)24-8-12(4-7-14(24)22-25)11-2-5-13(6-3-11)27-17(18,19)20/h2-8H,9H2,1H3/i1D3. The summed E-state index contributed by atoms with van der Waals surface area (Å²) in [5.74, 6) is -0.935. The van der Waals surface area contributed by atoms with Crippen LogP contribution in [0.1, 0.15) is 15.8 Å². The number of aromatic nitrogens is 5. The fourth-order valence-electron chi connectivity index (χ4n) is 2.59. The molecule has 4 rings (SSSR count). The van der Waals surface area contributed by atoms with Crippen LogP contribution in [0.25, 0.3) is 16.8 Å². The molecule has 3 aromatic heterocycles. The first-order valence-electron chi connectivity index (χ1n) is 9.28. The van der Waals surface area contributed by atoms with Gasteiger partial charge in [0.25, 0.3) is 0 Å². The van der Waals surface area contributed by atoms with Crippen LogP contribution in [0, 0.1) is 6.85 Å². The summed E-state index contributed by atoms with van der Waals surface area (Å²) in [5.41, 5.74) is 0.842. The minimum Gasteiger partial charge on any atom is -0.406 e. The Morgan fingerprint density at radius 1 is 1.18 bits per heavy atom. The average molecular weight is 394 g/mol. The number of halogens is 3. The lowest BCUT2D eigenvalue weighted by Crippen LogP contribution is -2.21. The quantitative estimate of drug-likeness (QED) is 0.529. The molecule has 0 bridgehead atoms. The molecule has 28 heavy (non-hydrogen) atoms. The van der Waals surface area contributed by atoms with E-state index in [1.807, 2.05) is 0 Å². The summed E-state index contributed by atoms with van der Waals surface area (Å²) in [6, 6.07) is 8.37. The number of alkyl halides is 3. The number of nitrogens with zero attached hydrogens (tertiary/aromatic N) is 5. The van der Waals surface area contributed by atoms with E-state index in [1.54, 1.807) is 12.1 Å². The Balaban J connectivity index is 1.61. The van der Waals surface area contributed by atoms with Crippen molar-refractivity contribution in [1.82, 2.24) is 24.3 Å². The lowest BCUT2D eigenvalue weighted by atomic mass is 10.1. The van der Waals surface area contributed by atoms with Gasteiger partial charge in [0, 0.05) is 10.3 Å². The topological polar surface area (TPSA) is 87.5 Å². The Kier molecular flexibility index (Phi) is 3.36. The molecular weight excluding hydrogens is 379 g/mol. The van der Waals surface area contributed by atoms with Crippen molar-refractivity contribution in [2.75, 3.05) is 0 Å². The van der Waals surface area contributed by atoms with Gasteiger partial charge in [-0.05, 0) is 42.2 Å². The van der Waals surface area contributed by atoms with Gasteiger partial charge in [-0.2, -0.15) is 4.98 Å². The molecule has 0 N–H and O–H groups in total. The lowest BCUT2D eigenvalue weighted by molar-refractivity contribution is -0.274. The van der Waals surface area contributed by atoms with E-state index in [-0.39, 0.29) is 18.2 Å². The molecule has 144 valence electrons. The normalized spacial score (nSPS) is 13.9. The second kappa shape index (κ2) is 6.51. The summed E-state index contributed by atoms with van der Waals surface area (Å²) in [4.78, 5) is 16.4. The van der Waals surface area contributed by atoms with Crippen LogP contribution >= 0.6 is 0 Å². The summed E-state index contributed by atoms with van der Waals surface area (Å²) in [7, 11) is 0. The van der Waals surface area contributed by atoms with Gasteiger partial charge in [-0.25, -0.2) is 13.9 Å². The number of aryl methyl sites for hydroxylation is 1. The van der Waals surface area contributed by atoms with Crippen molar-refractivity contribution >= 4 is 5.65 Å². The molecule has 4 aromatic rings. The van der Waals surface area contributed by atoms with E-state index >= 15 is 0 Å². The van der Waals surface area contributed by atoms with Gasteiger partial charge < -0.3 is 9.26 Å². The second-order valence-electron chi connectivity index (χ2n) is 5.67. The van der Waals surface area contributed by atoms with Gasteiger partial charge in [0.2, 0.25) is 5.89 Å². The highest BCUT2D eigenvalue weighted by atomic mass is 19.4. The number of fused-ring (bicyclic) bond motifs is 1.